The number of methoxy groups -OCH3 is 1. The maximum absolute atomic E-state index is 12.6. The van der Waals surface area contributed by atoms with E-state index in [1.54, 1.807) is 48.5 Å². The van der Waals surface area contributed by atoms with E-state index in [0.717, 1.165) is 5.56 Å². The third kappa shape index (κ3) is 5.40. The quantitative estimate of drug-likeness (QED) is 0.514. The summed E-state index contributed by atoms with van der Waals surface area (Å²) < 4.78 is 32.9. The van der Waals surface area contributed by atoms with Crippen LogP contribution in [0.25, 0.3) is 6.08 Å². The molecule has 2 N–H and O–H groups in total. The molecular weight excluding hydrogens is 424 g/mol. The van der Waals surface area contributed by atoms with Gasteiger partial charge in [0.05, 0.1) is 17.7 Å². The lowest BCUT2D eigenvalue weighted by Crippen LogP contribution is -2.14. The number of benzene rings is 3. The zero-order chi connectivity index (χ0) is 21.6. The first-order valence-electron chi connectivity index (χ1n) is 8.88. The Morgan fingerprint density at radius 2 is 1.63 bits per heavy atom. The fourth-order valence-corrected chi connectivity index (χ4v) is 3.88. The van der Waals surface area contributed by atoms with Crippen molar-refractivity contribution in [2.75, 3.05) is 17.1 Å². The fourth-order valence-electron chi connectivity index (χ4n) is 2.61. The largest absolute Gasteiger partial charge is 0.495 e. The van der Waals surface area contributed by atoms with E-state index in [1.165, 1.54) is 37.5 Å². The SMILES string of the molecule is COc1ccccc1NS(=O)(=O)c1ccc(NC(=O)/C=C/c2ccccc2Cl)cc1. The van der Waals surface area contributed by atoms with Crippen molar-refractivity contribution >= 4 is 45.0 Å². The molecule has 3 aromatic carbocycles. The molecule has 0 aliphatic carbocycles. The highest BCUT2D eigenvalue weighted by atomic mass is 35.5. The van der Waals surface area contributed by atoms with Crippen molar-refractivity contribution in [2.24, 2.45) is 0 Å². The number of anilines is 2. The average molecular weight is 443 g/mol. The van der Waals surface area contributed by atoms with E-state index < -0.39 is 10.0 Å². The second-order valence-electron chi connectivity index (χ2n) is 6.17. The lowest BCUT2D eigenvalue weighted by Gasteiger charge is -2.12. The van der Waals surface area contributed by atoms with Crippen molar-refractivity contribution in [1.29, 1.82) is 0 Å². The van der Waals surface area contributed by atoms with E-state index >= 15 is 0 Å². The smallest absolute Gasteiger partial charge is 0.262 e. The molecule has 8 heteroatoms. The minimum Gasteiger partial charge on any atom is -0.495 e. The summed E-state index contributed by atoms with van der Waals surface area (Å²) in [6.45, 7) is 0. The van der Waals surface area contributed by atoms with Gasteiger partial charge in [-0.3, -0.25) is 9.52 Å². The van der Waals surface area contributed by atoms with Crippen LogP contribution in [0.15, 0.2) is 83.8 Å². The van der Waals surface area contributed by atoms with E-state index in [9.17, 15) is 13.2 Å². The molecule has 0 bridgehead atoms. The summed E-state index contributed by atoms with van der Waals surface area (Å²) in [7, 11) is -2.35. The molecule has 30 heavy (non-hydrogen) atoms. The Morgan fingerprint density at radius 3 is 2.33 bits per heavy atom. The number of nitrogens with one attached hydrogen (secondary N) is 2. The molecule has 6 nitrogen and oxygen atoms in total. The number of carbonyl (C=O) groups excluding carboxylic acids is 1. The number of ether oxygens (including phenoxy) is 1. The third-order valence-corrected chi connectivity index (χ3v) is 5.83. The first-order valence-corrected chi connectivity index (χ1v) is 10.7. The van der Waals surface area contributed by atoms with Gasteiger partial charge in [0.2, 0.25) is 5.91 Å². The van der Waals surface area contributed by atoms with E-state index in [-0.39, 0.29) is 10.8 Å². The van der Waals surface area contributed by atoms with Gasteiger partial charge in [-0.05, 0) is 54.1 Å². The van der Waals surface area contributed by atoms with Crippen LogP contribution < -0.4 is 14.8 Å². The molecule has 1 amide bonds. The van der Waals surface area contributed by atoms with E-state index in [0.29, 0.717) is 22.1 Å². The number of amides is 1. The maximum atomic E-state index is 12.6. The predicted octanol–water partition coefficient (Wildman–Crippen LogP) is 4.80. The van der Waals surface area contributed by atoms with Gasteiger partial charge < -0.3 is 10.1 Å². The maximum Gasteiger partial charge on any atom is 0.262 e. The average Bonchev–Trinajstić information content (AvgIpc) is 2.74. The normalized spacial score (nSPS) is 11.3. The molecule has 0 spiro atoms. The van der Waals surface area contributed by atoms with Crippen LogP contribution in [0, 0.1) is 0 Å². The number of rotatable bonds is 7. The molecule has 0 aliphatic heterocycles. The Labute approximate surface area is 180 Å². The van der Waals surface area contributed by atoms with Crippen LogP contribution in [0.2, 0.25) is 5.02 Å². The van der Waals surface area contributed by atoms with Crippen LogP contribution in [-0.4, -0.2) is 21.4 Å². The molecule has 0 unspecified atom stereocenters. The Hall–Kier alpha value is -3.29. The zero-order valence-corrected chi connectivity index (χ0v) is 17.6. The van der Waals surface area contributed by atoms with Crippen molar-refractivity contribution in [2.45, 2.75) is 4.90 Å². The van der Waals surface area contributed by atoms with E-state index in [1.807, 2.05) is 6.07 Å². The molecule has 0 heterocycles. The predicted molar refractivity (Wildman–Crippen MR) is 119 cm³/mol. The number of sulfonamides is 1. The van der Waals surface area contributed by atoms with Crippen LogP contribution in [0.1, 0.15) is 5.56 Å². The lowest BCUT2D eigenvalue weighted by atomic mass is 10.2. The van der Waals surface area contributed by atoms with Crippen LogP contribution >= 0.6 is 11.6 Å². The second-order valence-corrected chi connectivity index (χ2v) is 8.26. The van der Waals surface area contributed by atoms with Crippen LogP contribution in [0.4, 0.5) is 11.4 Å². The summed E-state index contributed by atoms with van der Waals surface area (Å²) in [5, 5.41) is 3.21. The summed E-state index contributed by atoms with van der Waals surface area (Å²) in [5.41, 5.74) is 1.51. The Bertz CT molecular complexity index is 1180. The summed E-state index contributed by atoms with van der Waals surface area (Å²) in [6.07, 6.45) is 2.96. The van der Waals surface area contributed by atoms with Gasteiger partial charge in [-0.15, -0.1) is 0 Å². The molecular formula is C22H19ClN2O4S. The number of hydrogen-bond donors (Lipinski definition) is 2. The fraction of sp³-hybridized carbons (Fsp3) is 0.0455. The highest BCUT2D eigenvalue weighted by molar-refractivity contribution is 7.92. The van der Waals surface area contributed by atoms with Gasteiger partial charge >= 0.3 is 0 Å². The third-order valence-electron chi connectivity index (χ3n) is 4.10. The number of halogens is 1. The molecule has 0 aromatic heterocycles. The molecule has 0 aliphatic rings. The van der Waals surface area contributed by atoms with Crippen LogP contribution in [0.5, 0.6) is 5.75 Å². The van der Waals surface area contributed by atoms with Crippen molar-refractivity contribution < 1.29 is 17.9 Å². The van der Waals surface area contributed by atoms with Crippen molar-refractivity contribution in [3.05, 3.63) is 89.5 Å². The molecule has 3 aromatic rings. The second kappa shape index (κ2) is 9.47. The highest BCUT2D eigenvalue weighted by Crippen LogP contribution is 2.26. The lowest BCUT2D eigenvalue weighted by molar-refractivity contribution is -0.111. The summed E-state index contributed by atoms with van der Waals surface area (Å²) >= 11 is 6.05. The van der Waals surface area contributed by atoms with Gasteiger partial charge in [0.25, 0.3) is 10.0 Å². The van der Waals surface area contributed by atoms with Gasteiger partial charge in [-0.1, -0.05) is 41.9 Å². The first kappa shape index (κ1) is 21.4. The monoisotopic (exact) mass is 442 g/mol. The molecule has 0 radical (unpaired) electrons. The molecule has 0 fully saturated rings. The molecule has 154 valence electrons. The van der Waals surface area contributed by atoms with E-state index in [2.05, 4.69) is 10.0 Å². The Kier molecular flexibility index (Phi) is 6.76. The molecule has 3 rings (SSSR count). The molecule has 0 saturated heterocycles. The summed E-state index contributed by atoms with van der Waals surface area (Å²) in [5.74, 6) is 0.0490. The van der Waals surface area contributed by atoms with Gasteiger partial charge in [0, 0.05) is 16.8 Å². The van der Waals surface area contributed by atoms with Crippen molar-refractivity contribution in [3.63, 3.8) is 0 Å². The van der Waals surface area contributed by atoms with Crippen LogP contribution in [0.3, 0.4) is 0 Å². The topological polar surface area (TPSA) is 84.5 Å². The summed E-state index contributed by atoms with van der Waals surface area (Å²) in [4.78, 5) is 12.2. The van der Waals surface area contributed by atoms with Crippen molar-refractivity contribution in [3.8, 4) is 5.75 Å². The van der Waals surface area contributed by atoms with Crippen molar-refractivity contribution in [1.82, 2.24) is 0 Å². The number of hydrogen-bond acceptors (Lipinski definition) is 4. The van der Waals surface area contributed by atoms with E-state index in [4.69, 9.17) is 16.3 Å². The Morgan fingerprint density at radius 1 is 0.967 bits per heavy atom. The summed E-state index contributed by atoms with van der Waals surface area (Å²) in [6, 6.07) is 19.7. The van der Waals surface area contributed by atoms with Crippen LogP contribution in [-0.2, 0) is 14.8 Å². The highest BCUT2D eigenvalue weighted by Gasteiger charge is 2.16. The number of para-hydroxylation sites is 2. The molecule has 0 saturated carbocycles. The zero-order valence-electron chi connectivity index (χ0n) is 16.0. The minimum absolute atomic E-state index is 0.0537. The minimum atomic E-state index is -3.81. The first-order chi connectivity index (χ1) is 14.4. The Balaban J connectivity index is 1.68. The van der Waals surface area contributed by atoms with Gasteiger partial charge in [-0.25, -0.2) is 8.42 Å². The van der Waals surface area contributed by atoms with Gasteiger partial charge in [0.1, 0.15) is 5.75 Å². The number of carbonyl (C=O) groups is 1. The standard InChI is InChI=1S/C22H19ClN2O4S/c1-29-21-9-5-4-8-20(21)25-30(27,28)18-13-11-17(12-14-18)24-22(26)15-10-16-6-2-3-7-19(16)23/h2-15,25H,1H3,(H,24,26)/b15-10+. The van der Waals surface area contributed by atoms with Gasteiger partial charge in [-0.2, -0.15) is 0 Å². The van der Waals surface area contributed by atoms with Gasteiger partial charge in [0.15, 0.2) is 0 Å². The molecule has 0 atom stereocenters.